The molecule has 0 saturated carbocycles. The van der Waals surface area contributed by atoms with Gasteiger partial charge in [-0.15, -0.1) is 11.3 Å². The molecule has 17 heavy (non-hydrogen) atoms. The zero-order valence-corrected chi connectivity index (χ0v) is 11.2. The first-order chi connectivity index (χ1) is 8.09. The number of aryl methyl sites for hydroxylation is 1. The molecule has 2 rings (SSSR count). The predicted octanol–water partition coefficient (Wildman–Crippen LogP) is 3.43. The minimum absolute atomic E-state index is 0.0320. The Kier molecular flexibility index (Phi) is 3.54. The molecule has 0 radical (unpaired) electrons. The highest BCUT2D eigenvalue weighted by Gasteiger charge is 2.16. The van der Waals surface area contributed by atoms with Gasteiger partial charge in [0.25, 0.3) is 0 Å². The third-order valence-corrected chi connectivity index (χ3v) is 4.97. The fourth-order valence-electron chi connectivity index (χ4n) is 1.49. The fraction of sp³-hybridized carbons (Fsp3) is 0.154. The topological polar surface area (TPSA) is 34.1 Å². The Morgan fingerprint density at radius 3 is 2.41 bits per heavy atom. The molecule has 0 aliphatic carbocycles. The summed E-state index contributed by atoms with van der Waals surface area (Å²) in [6.45, 7) is 3.49. The highest BCUT2D eigenvalue weighted by molar-refractivity contribution is 7.85. The maximum atomic E-state index is 12.3. The summed E-state index contributed by atoms with van der Waals surface area (Å²) in [5.74, 6) is -0.0320. The number of ketones is 1. The van der Waals surface area contributed by atoms with Gasteiger partial charge in [-0.05, 0) is 37.4 Å². The summed E-state index contributed by atoms with van der Waals surface area (Å²) >= 11 is 1.34. The van der Waals surface area contributed by atoms with E-state index in [1.54, 1.807) is 11.4 Å². The number of thiophene rings is 1. The maximum absolute atomic E-state index is 12.3. The van der Waals surface area contributed by atoms with Crippen LogP contribution in [0.5, 0.6) is 0 Å². The van der Waals surface area contributed by atoms with Crippen LogP contribution in [0.1, 0.15) is 22.2 Å². The Labute approximate surface area is 107 Å². The summed E-state index contributed by atoms with van der Waals surface area (Å²) in [6.07, 6.45) is 0. The molecule has 1 aromatic carbocycles. The molecule has 0 fully saturated rings. The zero-order chi connectivity index (χ0) is 12.4. The lowest BCUT2D eigenvalue weighted by molar-refractivity contribution is 0.101. The van der Waals surface area contributed by atoms with Gasteiger partial charge in [-0.1, -0.05) is 17.7 Å². The average molecular weight is 264 g/mol. The van der Waals surface area contributed by atoms with Crippen molar-refractivity contribution >= 4 is 27.9 Å². The quantitative estimate of drug-likeness (QED) is 0.796. The van der Waals surface area contributed by atoms with Crippen LogP contribution in [0.4, 0.5) is 0 Å². The molecule has 0 bridgehead atoms. The standard InChI is InChI=1S/C13H12O2S2/c1-9-3-5-11(6-4-9)17(15)12-7-8-16-13(12)10(2)14/h3-8H,1-2H3. The molecule has 0 amide bonds. The Bertz CT molecular complexity index is 567. The monoisotopic (exact) mass is 264 g/mol. The van der Waals surface area contributed by atoms with Crippen LogP contribution in [0.3, 0.4) is 0 Å². The van der Waals surface area contributed by atoms with E-state index in [2.05, 4.69) is 0 Å². The second kappa shape index (κ2) is 4.94. The second-order valence-electron chi connectivity index (χ2n) is 3.75. The molecule has 1 atom stereocenters. The van der Waals surface area contributed by atoms with Gasteiger partial charge < -0.3 is 0 Å². The largest absolute Gasteiger partial charge is 0.294 e. The number of benzene rings is 1. The van der Waals surface area contributed by atoms with Crippen LogP contribution in [-0.2, 0) is 10.8 Å². The molecule has 0 saturated heterocycles. The predicted molar refractivity (Wildman–Crippen MR) is 70.2 cm³/mol. The van der Waals surface area contributed by atoms with Crippen molar-refractivity contribution in [2.45, 2.75) is 23.6 Å². The molecule has 0 N–H and O–H groups in total. The van der Waals surface area contributed by atoms with Crippen molar-refractivity contribution in [2.24, 2.45) is 0 Å². The number of hydrogen-bond donors (Lipinski definition) is 0. The Hall–Kier alpha value is -1.26. The van der Waals surface area contributed by atoms with Gasteiger partial charge in [0.1, 0.15) is 0 Å². The summed E-state index contributed by atoms with van der Waals surface area (Å²) in [7, 11) is -1.27. The smallest absolute Gasteiger partial charge is 0.170 e. The van der Waals surface area contributed by atoms with E-state index >= 15 is 0 Å². The van der Waals surface area contributed by atoms with Gasteiger partial charge in [-0.25, -0.2) is 4.21 Å². The van der Waals surface area contributed by atoms with Gasteiger partial charge in [0, 0.05) is 4.90 Å². The van der Waals surface area contributed by atoms with Crippen molar-refractivity contribution in [2.75, 3.05) is 0 Å². The average Bonchev–Trinajstić information content (AvgIpc) is 2.78. The van der Waals surface area contributed by atoms with Gasteiger partial charge in [0.05, 0.1) is 20.6 Å². The van der Waals surface area contributed by atoms with Crippen LogP contribution >= 0.6 is 11.3 Å². The summed E-state index contributed by atoms with van der Waals surface area (Å²) in [5.41, 5.74) is 1.13. The second-order valence-corrected chi connectivity index (χ2v) is 6.12. The van der Waals surface area contributed by atoms with E-state index < -0.39 is 10.8 Å². The molecule has 88 valence electrons. The Morgan fingerprint density at radius 1 is 1.18 bits per heavy atom. The summed E-state index contributed by atoms with van der Waals surface area (Å²) < 4.78 is 12.3. The molecule has 0 spiro atoms. The SMILES string of the molecule is CC(=O)c1sccc1S(=O)c1ccc(C)cc1. The highest BCUT2D eigenvalue weighted by Crippen LogP contribution is 2.25. The van der Waals surface area contributed by atoms with Crippen molar-refractivity contribution in [3.05, 3.63) is 46.2 Å². The van der Waals surface area contributed by atoms with Gasteiger partial charge >= 0.3 is 0 Å². The first-order valence-corrected chi connectivity index (χ1v) is 7.19. The van der Waals surface area contributed by atoms with Crippen LogP contribution in [0.25, 0.3) is 0 Å². The minimum Gasteiger partial charge on any atom is -0.294 e. The zero-order valence-electron chi connectivity index (χ0n) is 9.60. The van der Waals surface area contributed by atoms with Crippen LogP contribution in [0, 0.1) is 6.92 Å². The maximum Gasteiger partial charge on any atom is 0.170 e. The molecule has 1 heterocycles. The molecule has 1 unspecified atom stereocenters. The summed E-state index contributed by atoms with van der Waals surface area (Å²) in [5, 5.41) is 1.80. The lowest BCUT2D eigenvalue weighted by atomic mass is 10.2. The van der Waals surface area contributed by atoms with Crippen molar-refractivity contribution in [1.82, 2.24) is 0 Å². The van der Waals surface area contributed by atoms with Crippen LogP contribution in [0.2, 0.25) is 0 Å². The van der Waals surface area contributed by atoms with E-state index in [-0.39, 0.29) is 5.78 Å². The third kappa shape index (κ3) is 2.53. The normalized spacial score (nSPS) is 12.4. The number of carbonyl (C=O) groups excluding carboxylic acids is 1. The van der Waals surface area contributed by atoms with E-state index in [1.165, 1.54) is 18.3 Å². The summed E-state index contributed by atoms with van der Waals surface area (Å²) in [4.78, 5) is 13.3. The Morgan fingerprint density at radius 2 is 1.82 bits per heavy atom. The van der Waals surface area contributed by atoms with Gasteiger partial charge in [-0.3, -0.25) is 4.79 Å². The van der Waals surface area contributed by atoms with E-state index in [0.29, 0.717) is 9.77 Å². The first-order valence-electron chi connectivity index (χ1n) is 5.16. The van der Waals surface area contributed by atoms with E-state index in [0.717, 1.165) is 10.5 Å². The van der Waals surface area contributed by atoms with E-state index in [9.17, 15) is 9.00 Å². The van der Waals surface area contributed by atoms with Crippen molar-refractivity contribution in [3.8, 4) is 0 Å². The lowest BCUT2D eigenvalue weighted by Crippen LogP contribution is -1.98. The lowest BCUT2D eigenvalue weighted by Gasteiger charge is -2.02. The molecule has 0 aliphatic rings. The molecular weight excluding hydrogens is 252 g/mol. The fourth-order valence-corrected chi connectivity index (χ4v) is 3.78. The van der Waals surface area contributed by atoms with E-state index in [1.807, 2.05) is 31.2 Å². The van der Waals surface area contributed by atoms with Crippen molar-refractivity contribution < 1.29 is 9.00 Å². The Balaban J connectivity index is 2.40. The molecular formula is C13H12O2S2. The minimum atomic E-state index is -1.27. The molecule has 2 aromatic rings. The van der Waals surface area contributed by atoms with Crippen molar-refractivity contribution in [1.29, 1.82) is 0 Å². The number of rotatable bonds is 3. The van der Waals surface area contributed by atoms with Gasteiger partial charge in [0.2, 0.25) is 0 Å². The molecule has 2 nitrogen and oxygen atoms in total. The number of Topliss-reactive ketones (excluding diaryl/α,β-unsaturated/α-hetero) is 1. The molecule has 0 aliphatic heterocycles. The molecule has 4 heteroatoms. The van der Waals surface area contributed by atoms with Crippen LogP contribution in [0.15, 0.2) is 45.5 Å². The summed E-state index contributed by atoms with van der Waals surface area (Å²) in [6, 6.07) is 9.29. The van der Waals surface area contributed by atoms with E-state index in [4.69, 9.17) is 0 Å². The number of hydrogen-bond acceptors (Lipinski definition) is 3. The van der Waals surface area contributed by atoms with Crippen LogP contribution in [-0.4, -0.2) is 9.99 Å². The number of carbonyl (C=O) groups is 1. The van der Waals surface area contributed by atoms with Gasteiger partial charge in [-0.2, -0.15) is 0 Å². The van der Waals surface area contributed by atoms with Crippen molar-refractivity contribution in [3.63, 3.8) is 0 Å². The third-order valence-electron chi connectivity index (χ3n) is 2.38. The van der Waals surface area contributed by atoms with Gasteiger partial charge in [0.15, 0.2) is 5.78 Å². The molecule has 1 aromatic heterocycles. The highest BCUT2D eigenvalue weighted by atomic mass is 32.2. The first kappa shape index (κ1) is 12.2. The van der Waals surface area contributed by atoms with Crippen LogP contribution < -0.4 is 0 Å².